The summed E-state index contributed by atoms with van der Waals surface area (Å²) < 4.78 is 0. The van der Waals surface area contributed by atoms with Crippen molar-refractivity contribution in [2.75, 3.05) is 6.54 Å². The second-order valence-electron chi connectivity index (χ2n) is 5.76. The number of rotatable bonds is 8. The van der Waals surface area contributed by atoms with Gasteiger partial charge in [0.15, 0.2) is 0 Å². The lowest BCUT2D eigenvalue weighted by molar-refractivity contribution is -0.132. The first kappa shape index (κ1) is 17.9. The Morgan fingerprint density at radius 2 is 1.74 bits per heavy atom. The zero-order valence-electron chi connectivity index (χ0n) is 13.6. The van der Waals surface area contributed by atoms with Crippen LogP contribution < -0.4 is 0 Å². The molecule has 0 aliphatic heterocycles. The molecule has 0 aromatic heterocycles. The summed E-state index contributed by atoms with van der Waals surface area (Å²) in [6.45, 7) is 13.4. The molecule has 0 heterocycles. The highest BCUT2D eigenvalue weighted by Crippen LogP contribution is 2.09. The molecule has 0 rings (SSSR count). The average molecular weight is 265 g/mol. The van der Waals surface area contributed by atoms with E-state index in [4.69, 9.17) is 0 Å². The molecular weight excluding hydrogens is 234 g/mol. The van der Waals surface area contributed by atoms with Gasteiger partial charge in [-0.15, -0.1) is 0 Å². The van der Waals surface area contributed by atoms with Gasteiger partial charge in [0.05, 0.1) is 0 Å². The van der Waals surface area contributed by atoms with Gasteiger partial charge in [0, 0.05) is 19.0 Å². The van der Waals surface area contributed by atoms with Crippen molar-refractivity contribution in [1.82, 2.24) is 4.90 Å². The number of carbonyl (C=O) groups excluding carboxylic acids is 1. The summed E-state index contributed by atoms with van der Waals surface area (Å²) in [4.78, 5) is 14.0. The maximum atomic E-state index is 12.0. The average Bonchev–Trinajstić information content (AvgIpc) is 2.28. The number of hydrogen-bond donors (Lipinski definition) is 0. The normalized spacial score (nSPS) is 11.6. The van der Waals surface area contributed by atoms with Crippen LogP contribution in [0, 0.1) is 0 Å². The fourth-order valence-electron chi connectivity index (χ4n) is 1.90. The molecule has 0 aromatic carbocycles. The molecule has 1 amide bonds. The minimum Gasteiger partial charge on any atom is -0.337 e. The maximum Gasteiger partial charge on any atom is 0.223 e. The third-order valence-electron chi connectivity index (χ3n) is 3.14. The molecule has 110 valence electrons. The van der Waals surface area contributed by atoms with Gasteiger partial charge in [-0.05, 0) is 53.9 Å². The van der Waals surface area contributed by atoms with E-state index in [1.165, 1.54) is 11.1 Å². The van der Waals surface area contributed by atoms with Crippen molar-refractivity contribution < 1.29 is 4.79 Å². The van der Waals surface area contributed by atoms with Crippen molar-refractivity contribution in [1.29, 1.82) is 0 Å². The lowest BCUT2D eigenvalue weighted by Crippen LogP contribution is -2.36. The quantitative estimate of drug-likeness (QED) is 0.582. The molecule has 0 saturated heterocycles. The van der Waals surface area contributed by atoms with E-state index >= 15 is 0 Å². The van der Waals surface area contributed by atoms with E-state index in [0.717, 1.165) is 25.8 Å². The van der Waals surface area contributed by atoms with Gasteiger partial charge >= 0.3 is 0 Å². The van der Waals surface area contributed by atoms with Crippen LogP contribution in [0.15, 0.2) is 23.3 Å². The van der Waals surface area contributed by atoms with Gasteiger partial charge in [0.25, 0.3) is 0 Å². The maximum absolute atomic E-state index is 12.0. The van der Waals surface area contributed by atoms with E-state index in [2.05, 4.69) is 53.7 Å². The standard InChI is InChI=1S/C17H31NO/c1-7-9-17(19)18(15(4)5)13-12-16(6)11-8-10-14(2)3/h10,12,15H,7-9,11,13H2,1-6H3/b16-12+. The molecule has 0 aliphatic rings. The Balaban J connectivity index is 4.36. The predicted octanol–water partition coefficient (Wildman–Crippen LogP) is 4.72. The molecule has 2 heteroatoms. The van der Waals surface area contributed by atoms with Gasteiger partial charge in [0.2, 0.25) is 5.91 Å². The lowest BCUT2D eigenvalue weighted by Gasteiger charge is -2.25. The SMILES string of the molecule is CCCC(=O)N(C/C=C(\C)CCC=C(C)C)C(C)C. The first-order valence-corrected chi connectivity index (χ1v) is 7.46. The fraction of sp³-hybridized carbons (Fsp3) is 0.706. The summed E-state index contributed by atoms with van der Waals surface area (Å²) >= 11 is 0. The van der Waals surface area contributed by atoms with Crippen LogP contribution in [0.1, 0.15) is 67.2 Å². The first-order chi connectivity index (χ1) is 8.88. The van der Waals surface area contributed by atoms with Crippen LogP contribution in [0.25, 0.3) is 0 Å². The van der Waals surface area contributed by atoms with Crippen LogP contribution in [0.5, 0.6) is 0 Å². The van der Waals surface area contributed by atoms with Crippen molar-refractivity contribution >= 4 is 5.91 Å². The van der Waals surface area contributed by atoms with E-state index in [0.29, 0.717) is 6.42 Å². The highest BCUT2D eigenvalue weighted by Gasteiger charge is 2.14. The third-order valence-corrected chi connectivity index (χ3v) is 3.14. The minimum absolute atomic E-state index is 0.269. The second kappa shape index (κ2) is 9.82. The van der Waals surface area contributed by atoms with E-state index in [9.17, 15) is 4.79 Å². The van der Waals surface area contributed by atoms with Crippen LogP contribution in [-0.2, 0) is 4.79 Å². The van der Waals surface area contributed by atoms with Crippen LogP contribution >= 0.6 is 0 Å². The van der Waals surface area contributed by atoms with Gasteiger partial charge in [-0.3, -0.25) is 4.79 Å². The van der Waals surface area contributed by atoms with Crippen LogP contribution in [0.2, 0.25) is 0 Å². The molecule has 0 spiro atoms. The fourth-order valence-corrected chi connectivity index (χ4v) is 1.90. The molecule has 0 saturated carbocycles. The summed E-state index contributed by atoms with van der Waals surface area (Å²) in [5, 5.41) is 0. The number of allylic oxidation sites excluding steroid dienone is 3. The van der Waals surface area contributed by atoms with Crippen molar-refractivity contribution in [3.05, 3.63) is 23.3 Å². The van der Waals surface area contributed by atoms with E-state index in [1.807, 2.05) is 4.90 Å². The van der Waals surface area contributed by atoms with Gasteiger partial charge in [-0.1, -0.05) is 30.2 Å². The Labute approximate surface area is 119 Å². The second-order valence-corrected chi connectivity index (χ2v) is 5.76. The molecule has 0 fully saturated rings. The molecule has 2 nitrogen and oxygen atoms in total. The van der Waals surface area contributed by atoms with E-state index < -0.39 is 0 Å². The Hall–Kier alpha value is -1.05. The van der Waals surface area contributed by atoms with Crippen LogP contribution in [-0.4, -0.2) is 23.4 Å². The number of amides is 1. The number of hydrogen-bond acceptors (Lipinski definition) is 1. The molecule has 0 N–H and O–H groups in total. The van der Waals surface area contributed by atoms with Gasteiger partial charge in [-0.2, -0.15) is 0 Å². The van der Waals surface area contributed by atoms with Gasteiger partial charge < -0.3 is 4.90 Å². The minimum atomic E-state index is 0.269. The summed E-state index contributed by atoms with van der Waals surface area (Å²) in [6, 6.07) is 0.279. The monoisotopic (exact) mass is 265 g/mol. The van der Waals surface area contributed by atoms with Gasteiger partial charge in [-0.25, -0.2) is 0 Å². The van der Waals surface area contributed by atoms with Crippen LogP contribution in [0.4, 0.5) is 0 Å². The van der Waals surface area contributed by atoms with E-state index in [-0.39, 0.29) is 11.9 Å². The zero-order valence-corrected chi connectivity index (χ0v) is 13.6. The zero-order chi connectivity index (χ0) is 14.8. The molecule has 0 unspecified atom stereocenters. The van der Waals surface area contributed by atoms with Crippen molar-refractivity contribution in [3.8, 4) is 0 Å². The Bertz CT molecular complexity index is 322. The summed E-state index contributed by atoms with van der Waals surface area (Å²) in [6.07, 6.45) is 8.22. The Kier molecular flexibility index (Phi) is 9.28. The molecule has 19 heavy (non-hydrogen) atoms. The summed E-state index contributed by atoms with van der Waals surface area (Å²) in [5.74, 6) is 0.269. The number of carbonyl (C=O) groups is 1. The van der Waals surface area contributed by atoms with Gasteiger partial charge in [0.1, 0.15) is 0 Å². The van der Waals surface area contributed by atoms with E-state index in [1.54, 1.807) is 0 Å². The lowest BCUT2D eigenvalue weighted by atomic mass is 10.1. The highest BCUT2D eigenvalue weighted by atomic mass is 16.2. The number of nitrogens with zero attached hydrogens (tertiary/aromatic N) is 1. The predicted molar refractivity (Wildman–Crippen MR) is 84.2 cm³/mol. The Morgan fingerprint density at radius 3 is 2.21 bits per heavy atom. The highest BCUT2D eigenvalue weighted by molar-refractivity contribution is 5.76. The smallest absolute Gasteiger partial charge is 0.223 e. The van der Waals surface area contributed by atoms with Crippen molar-refractivity contribution in [2.24, 2.45) is 0 Å². The summed E-state index contributed by atoms with van der Waals surface area (Å²) in [7, 11) is 0. The van der Waals surface area contributed by atoms with Crippen molar-refractivity contribution in [2.45, 2.75) is 73.3 Å². The third kappa shape index (κ3) is 8.63. The first-order valence-electron chi connectivity index (χ1n) is 7.46. The Morgan fingerprint density at radius 1 is 1.11 bits per heavy atom. The topological polar surface area (TPSA) is 20.3 Å². The summed E-state index contributed by atoms with van der Waals surface area (Å²) in [5.41, 5.74) is 2.74. The molecular formula is C17H31NO. The van der Waals surface area contributed by atoms with Crippen molar-refractivity contribution in [3.63, 3.8) is 0 Å². The molecule has 0 radical (unpaired) electrons. The molecule has 0 atom stereocenters. The molecule has 0 aromatic rings. The van der Waals surface area contributed by atoms with Crippen LogP contribution in [0.3, 0.4) is 0 Å². The molecule has 0 aliphatic carbocycles. The molecule has 0 bridgehead atoms. The largest absolute Gasteiger partial charge is 0.337 e.